The summed E-state index contributed by atoms with van der Waals surface area (Å²) in [6, 6.07) is 9.85. The molecule has 1 aliphatic heterocycles. The molecule has 1 atom stereocenters. The molecule has 0 aromatic carbocycles. The topological polar surface area (TPSA) is 49.3 Å². The SMILES string of the molecule is Cc1cccnc1CN1CCN(C(=O)[C@@H](C)Sc2ccccn2)CC1. The van der Waals surface area contributed by atoms with Gasteiger partial charge in [0.05, 0.1) is 16.0 Å². The van der Waals surface area contributed by atoms with Crippen molar-refractivity contribution in [3.63, 3.8) is 0 Å². The molecule has 132 valence electrons. The van der Waals surface area contributed by atoms with Crippen molar-refractivity contribution >= 4 is 17.7 Å². The Kier molecular flexibility index (Phi) is 6.04. The van der Waals surface area contributed by atoms with Crippen LogP contribution in [0.15, 0.2) is 47.8 Å². The van der Waals surface area contributed by atoms with Crippen LogP contribution in [0, 0.1) is 6.92 Å². The first kappa shape index (κ1) is 17.9. The Morgan fingerprint density at radius 2 is 1.88 bits per heavy atom. The van der Waals surface area contributed by atoms with Gasteiger partial charge in [0, 0.05) is 45.1 Å². The van der Waals surface area contributed by atoms with Gasteiger partial charge in [-0.25, -0.2) is 4.98 Å². The van der Waals surface area contributed by atoms with Gasteiger partial charge in [-0.15, -0.1) is 0 Å². The predicted molar refractivity (Wildman–Crippen MR) is 100 cm³/mol. The number of nitrogens with zero attached hydrogens (tertiary/aromatic N) is 4. The number of amides is 1. The van der Waals surface area contributed by atoms with Crippen LogP contribution < -0.4 is 0 Å². The number of pyridine rings is 2. The summed E-state index contributed by atoms with van der Waals surface area (Å²) < 4.78 is 0. The first-order valence-electron chi connectivity index (χ1n) is 8.63. The standard InChI is InChI=1S/C19H24N4OS/c1-15-6-5-9-20-17(15)14-22-10-12-23(13-11-22)19(24)16(2)25-18-7-3-4-8-21-18/h3-9,16H,10-14H2,1-2H3/t16-/m1/s1. The van der Waals surface area contributed by atoms with Gasteiger partial charge in [-0.3, -0.25) is 14.7 Å². The molecule has 2 aromatic heterocycles. The van der Waals surface area contributed by atoms with Gasteiger partial charge in [0.25, 0.3) is 0 Å². The summed E-state index contributed by atoms with van der Waals surface area (Å²) in [6.07, 6.45) is 3.61. The molecular formula is C19H24N4OS. The van der Waals surface area contributed by atoms with Crippen LogP contribution in [-0.4, -0.2) is 57.1 Å². The average molecular weight is 356 g/mol. The average Bonchev–Trinajstić information content (AvgIpc) is 2.64. The van der Waals surface area contributed by atoms with Crippen LogP contribution in [0.25, 0.3) is 0 Å². The maximum atomic E-state index is 12.7. The maximum absolute atomic E-state index is 12.7. The number of rotatable bonds is 5. The van der Waals surface area contributed by atoms with E-state index in [2.05, 4.69) is 27.9 Å². The molecule has 0 radical (unpaired) electrons. The monoisotopic (exact) mass is 356 g/mol. The Morgan fingerprint density at radius 1 is 1.12 bits per heavy atom. The van der Waals surface area contributed by atoms with E-state index in [1.165, 1.54) is 17.3 Å². The van der Waals surface area contributed by atoms with E-state index in [0.717, 1.165) is 43.4 Å². The molecule has 0 aliphatic carbocycles. The molecule has 0 bridgehead atoms. The number of thioether (sulfide) groups is 1. The lowest BCUT2D eigenvalue weighted by Crippen LogP contribution is -2.50. The molecule has 6 heteroatoms. The van der Waals surface area contributed by atoms with Crippen LogP contribution in [0.1, 0.15) is 18.2 Å². The van der Waals surface area contributed by atoms with Gasteiger partial charge in [0.1, 0.15) is 0 Å². The highest BCUT2D eigenvalue weighted by atomic mass is 32.2. The number of hydrogen-bond acceptors (Lipinski definition) is 5. The molecule has 5 nitrogen and oxygen atoms in total. The molecule has 1 fully saturated rings. The molecule has 25 heavy (non-hydrogen) atoms. The van der Waals surface area contributed by atoms with Crippen molar-refractivity contribution in [2.24, 2.45) is 0 Å². The zero-order chi connectivity index (χ0) is 17.6. The summed E-state index contributed by atoms with van der Waals surface area (Å²) >= 11 is 1.52. The second-order valence-corrected chi connectivity index (χ2v) is 7.66. The van der Waals surface area contributed by atoms with Gasteiger partial charge in [-0.1, -0.05) is 23.9 Å². The Balaban J connectivity index is 1.50. The first-order valence-corrected chi connectivity index (χ1v) is 9.51. The van der Waals surface area contributed by atoms with Crippen molar-refractivity contribution in [1.29, 1.82) is 0 Å². The van der Waals surface area contributed by atoms with Crippen molar-refractivity contribution in [3.05, 3.63) is 54.0 Å². The highest BCUT2D eigenvalue weighted by molar-refractivity contribution is 8.00. The lowest BCUT2D eigenvalue weighted by molar-refractivity contribution is -0.132. The molecule has 0 unspecified atom stereocenters. The lowest BCUT2D eigenvalue weighted by atomic mass is 10.2. The minimum atomic E-state index is -0.112. The van der Waals surface area contributed by atoms with E-state index < -0.39 is 0 Å². The highest BCUT2D eigenvalue weighted by Gasteiger charge is 2.26. The minimum absolute atomic E-state index is 0.112. The van der Waals surface area contributed by atoms with Gasteiger partial charge >= 0.3 is 0 Å². The number of carbonyl (C=O) groups excluding carboxylic acids is 1. The third-order valence-electron chi connectivity index (χ3n) is 4.46. The molecule has 0 N–H and O–H groups in total. The largest absolute Gasteiger partial charge is 0.339 e. The van der Waals surface area contributed by atoms with Crippen LogP contribution in [0.3, 0.4) is 0 Å². The van der Waals surface area contributed by atoms with Crippen LogP contribution in [0.5, 0.6) is 0 Å². The van der Waals surface area contributed by atoms with Gasteiger partial charge < -0.3 is 4.90 Å². The molecular weight excluding hydrogens is 332 g/mol. The summed E-state index contributed by atoms with van der Waals surface area (Å²) in [4.78, 5) is 25.8. The van der Waals surface area contributed by atoms with Crippen molar-refractivity contribution in [2.45, 2.75) is 30.7 Å². The smallest absolute Gasteiger partial charge is 0.235 e. The lowest BCUT2D eigenvalue weighted by Gasteiger charge is -2.35. The van der Waals surface area contributed by atoms with Crippen LogP contribution in [0.4, 0.5) is 0 Å². The number of carbonyl (C=O) groups is 1. The summed E-state index contributed by atoms with van der Waals surface area (Å²) in [5.74, 6) is 0.198. The fourth-order valence-corrected chi connectivity index (χ4v) is 3.82. The third-order valence-corrected chi connectivity index (χ3v) is 5.50. The first-order chi connectivity index (χ1) is 12.1. The van der Waals surface area contributed by atoms with Crippen molar-refractivity contribution in [2.75, 3.05) is 26.2 Å². The second kappa shape index (κ2) is 8.45. The van der Waals surface area contributed by atoms with Crippen molar-refractivity contribution in [3.8, 4) is 0 Å². The maximum Gasteiger partial charge on any atom is 0.235 e. The van der Waals surface area contributed by atoms with Crippen molar-refractivity contribution < 1.29 is 4.79 Å². The van der Waals surface area contributed by atoms with Crippen LogP contribution in [-0.2, 0) is 11.3 Å². The molecule has 1 amide bonds. The zero-order valence-corrected chi connectivity index (χ0v) is 15.6. The van der Waals surface area contributed by atoms with E-state index in [0.29, 0.717) is 0 Å². The van der Waals surface area contributed by atoms with Crippen LogP contribution in [0.2, 0.25) is 0 Å². The van der Waals surface area contributed by atoms with E-state index in [1.54, 1.807) is 6.20 Å². The van der Waals surface area contributed by atoms with Crippen molar-refractivity contribution in [1.82, 2.24) is 19.8 Å². The number of aryl methyl sites for hydroxylation is 1. The van der Waals surface area contributed by atoms with E-state index >= 15 is 0 Å². The molecule has 0 saturated carbocycles. The molecule has 1 saturated heterocycles. The van der Waals surface area contributed by atoms with Gasteiger partial charge in [-0.2, -0.15) is 0 Å². The van der Waals surface area contributed by atoms with Crippen LogP contribution >= 0.6 is 11.8 Å². The summed E-state index contributed by atoms with van der Waals surface area (Å²) in [5.41, 5.74) is 2.35. The Bertz CT molecular complexity index is 702. The summed E-state index contributed by atoms with van der Waals surface area (Å²) in [6.45, 7) is 8.25. The van der Waals surface area contributed by atoms with E-state index in [-0.39, 0.29) is 11.2 Å². The molecule has 1 aliphatic rings. The normalized spacial score (nSPS) is 16.6. The number of aromatic nitrogens is 2. The third kappa shape index (κ3) is 4.80. The molecule has 0 spiro atoms. The number of piperazine rings is 1. The molecule has 2 aromatic rings. The Labute approximate surface area is 153 Å². The fraction of sp³-hybridized carbons (Fsp3) is 0.421. The summed E-state index contributed by atoms with van der Waals surface area (Å²) in [7, 11) is 0. The van der Waals surface area contributed by atoms with E-state index in [9.17, 15) is 4.79 Å². The zero-order valence-electron chi connectivity index (χ0n) is 14.8. The van der Waals surface area contributed by atoms with E-state index in [1.807, 2.05) is 42.3 Å². The Morgan fingerprint density at radius 3 is 2.56 bits per heavy atom. The van der Waals surface area contributed by atoms with Gasteiger partial charge in [0.2, 0.25) is 5.91 Å². The fourth-order valence-electron chi connectivity index (χ4n) is 2.93. The minimum Gasteiger partial charge on any atom is -0.339 e. The Hall–Kier alpha value is -1.92. The second-order valence-electron chi connectivity index (χ2n) is 6.30. The quantitative estimate of drug-likeness (QED) is 0.771. The number of hydrogen-bond donors (Lipinski definition) is 0. The highest BCUT2D eigenvalue weighted by Crippen LogP contribution is 2.22. The molecule has 3 rings (SSSR count). The summed E-state index contributed by atoms with van der Waals surface area (Å²) in [5, 5.41) is 0.784. The van der Waals surface area contributed by atoms with E-state index in [4.69, 9.17) is 0 Å². The van der Waals surface area contributed by atoms with Gasteiger partial charge in [-0.05, 0) is 37.6 Å². The predicted octanol–water partition coefficient (Wildman–Crippen LogP) is 2.61. The molecule has 3 heterocycles. The van der Waals surface area contributed by atoms with Gasteiger partial charge in [0.15, 0.2) is 0 Å².